The quantitative estimate of drug-likeness (QED) is 0.0800. The first-order valence-electron chi connectivity index (χ1n) is 17.6. The number of benzene rings is 4. The van der Waals surface area contributed by atoms with Crippen LogP contribution in [0, 0.1) is 12.7 Å². The van der Waals surface area contributed by atoms with Crippen LogP contribution in [0.5, 0.6) is 5.75 Å². The van der Waals surface area contributed by atoms with Gasteiger partial charge < -0.3 is 15.4 Å². The van der Waals surface area contributed by atoms with Gasteiger partial charge in [0.15, 0.2) is 11.6 Å². The van der Waals surface area contributed by atoms with Gasteiger partial charge in [-0.05, 0) is 115 Å². The fourth-order valence-electron chi connectivity index (χ4n) is 5.59. The highest BCUT2D eigenvalue weighted by molar-refractivity contribution is 7.92. The Labute approximate surface area is 351 Å². The summed E-state index contributed by atoms with van der Waals surface area (Å²) in [7, 11) is -8.53. The van der Waals surface area contributed by atoms with Crippen molar-refractivity contribution in [1.29, 1.82) is 0 Å². The molecule has 4 aromatic carbocycles. The van der Waals surface area contributed by atoms with Crippen molar-refractivity contribution in [2.75, 3.05) is 15.4 Å². The molecule has 0 saturated heterocycles. The lowest BCUT2D eigenvalue weighted by molar-refractivity contribution is -0.275. The highest BCUT2D eigenvalue weighted by Crippen LogP contribution is 2.31. The molecule has 0 radical (unpaired) electrons. The first kappa shape index (κ1) is 43.8. The van der Waals surface area contributed by atoms with E-state index in [1.54, 1.807) is 49.4 Å². The van der Waals surface area contributed by atoms with Gasteiger partial charge in [-0.15, -0.1) is 13.2 Å². The number of halogens is 5. The minimum Gasteiger partial charge on any atom is -0.403 e. The molecule has 6 aromatic rings. The molecular weight excluding hydrogens is 866 g/mol. The van der Waals surface area contributed by atoms with Gasteiger partial charge >= 0.3 is 18.4 Å². The van der Waals surface area contributed by atoms with Crippen molar-refractivity contribution in [3.8, 4) is 5.75 Å². The summed E-state index contributed by atoms with van der Waals surface area (Å²) in [6.07, 6.45) is 0.785. The van der Waals surface area contributed by atoms with Crippen LogP contribution in [0.3, 0.4) is 0 Å². The third-order valence-electron chi connectivity index (χ3n) is 8.65. The Bertz CT molecular complexity index is 2760. The van der Waals surface area contributed by atoms with E-state index in [1.807, 2.05) is 0 Å². The van der Waals surface area contributed by atoms with Crippen LogP contribution in [0.4, 0.5) is 44.2 Å². The standard InChI is InChI=1S/C40H32ClF4N7O7S2/c1-26-34(41)7-2-8-36(26)50-61(57,58)32-15-11-30(12-16-32)49-39(54)52(25-28-6-4-20-47-23-28)51(24-27-5-3-19-46-22-27)38(53)48-29-9-13-31(14-10-29)60(55,56)33-17-18-37(35(42)21-33)59-40(43,44)45/h2-23,50H,24-25H2,1H3,(H,48,53)(H,49,54). The number of amides is 4. The SMILES string of the molecule is Cc1c(Cl)cccc1NS(=O)(=O)c1ccc(NC(=O)N(Cc2cccnc2)N(Cc2cccnc2)C(=O)Nc2ccc(S(=O)(=O)c3ccc(OC(F)(F)F)c(F)c3)cc2)cc1. The van der Waals surface area contributed by atoms with Gasteiger partial charge in [0, 0.05) is 41.2 Å². The first-order chi connectivity index (χ1) is 28.9. The lowest BCUT2D eigenvalue weighted by Crippen LogP contribution is -2.52. The van der Waals surface area contributed by atoms with Gasteiger partial charge in [0.05, 0.1) is 33.5 Å². The van der Waals surface area contributed by atoms with Crippen molar-refractivity contribution in [2.24, 2.45) is 0 Å². The molecule has 6 rings (SSSR count). The summed E-state index contributed by atoms with van der Waals surface area (Å²) in [4.78, 5) is 35.4. The van der Waals surface area contributed by atoms with Crippen molar-refractivity contribution in [3.05, 3.63) is 162 Å². The number of ether oxygens (including phenoxy) is 1. The topological polar surface area (TPSA) is 180 Å². The van der Waals surface area contributed by atoms with E-state index in [2.05, 4.69) is 30.1 Å². The zero-order chi connectivity index (χ0) is 44.0. The van der Waals surface area contributed by atoms with E-state index in [9.17, 15) is 44.0 Å². The summed E-state index contributed by atoms with van der Waals surface area (Å²) in [5, 5.41) is 7.83. The van der Waals surface area contributed by atoms with E-state index in [0.29, 0.717) is 33.8 Å². The van der Waals surface area contributed by atoms with E-state index < -0.39 is 54.7 Å². The minimum absolute atomic E-state index is 0.0559. The van der Waals surface area contributed by atoms with E-state index in [4.69, 9.17) is 11.6 Å². The molecule has 0 aliphatic carbocycles. The minimum atomic E-state index is -5.20. The lowest BCUT2D eigenvalue weighted by Gasteiger charge is -2.35. The summed E-state index contributed by atoms with van der Waals surface area (Å²) in [6.45, 7) is 1.24. The number of hydrogen-bond acceptors (Lipinski definition) is 9. The zero-order valence-electron chi connectivity index (χ0n) is 31.5. The molecule has 0 fully saturated rings. The molecule has 0 saturated carbocycles. The molecule has 61 heavy (non-hydrogen) atoms. The van der Waals surface area contributed by atoms with Crippen molar-refractivity contribution in [1.82, 2.24) is 20.0 Å². The van der Waals surface area contributed by atoms with Crippen LogP contribution in [0.15, 0.2) is 149 Å². The van der Waals surface area contributed by atoms with Crippen LogP contribution in [0.2, 0.25) is 5.02 Å². The Morgan fingerprint density at radius 2 is 1.21 bits per heavy atom. The predicted octanol–water partition coefficient (Wildman–Crippen LogP) is 8.79. The molecule has 21 heteroatoms. The third-order valence-corrected chi connectivity index (χ3v) is 12.2. The molecule has 2 heterocycles. The van der Waals surface area contributed by atoms with Crippen LogP contribution in [0.1, 0.15) is 16.7 Å². The first-order valence-corrected chi connectivity index (χ1v) is 21.0. The molecule has 14 nitrogen and oxygen atoms in total. The number of nitrogens with one attached hydrogen (secondary N) is 3. The van der Waals surface area contributed by atoms with Crippen LogP contribution in [-0.4, -0.2) is 55.2 Å². The van der Waals surface area contributed by atoms with Crippen molar-refractivity contribution in [2.45, 2.75) is 41.1 Å². The number of sulfone groups is 1. The Hall–Kier alpha value is -6.77. The average molecular weight is 898 g/mol. The number of alkyl halides is 3. The largest absolute Gasteiger partial charge is 0.573 e. The number of hydrazine groups is 1. The van der Waals surface area contributed by atoms with Gasteiger partial charge in [0.2, 0.25) is 9.84 Å². The third kappa shape index (κ3) is 11.1. The summed E-state index contributed by atoms with van der Waals surface area (Å²) in [6, 6.07) is 21.2. The molecular formula is C40H32ClF4N7O7S2. The summed E-state index contributed by atoms with van der Waals surface area (Å²) in [5.41, 5.74) is 2.04. The van der Waals surface area contributed by atoms with E-state index >= 15 is 0 Å². The second kappa shape index (κ2) is 18.2. The van der Waals surface area contributed by atoms with E-state index in [0.717, 1.165) is 28.2 Å². The van der Waals surface area contributed by atoms with Gasteiger partial charge in [-0.2, -0.15) is 0 Å². The monoisotopic (exact) mass is 897 g/mol. The van der Waals surface area contributed by atoms with Crippen LogP contribution < -0.4 is 20.1 Å². The number of pyridine rings is 2. The maximum atomic E-state index is 14.4. The molecule has 0 spiro atoms. The Morgan fingerprint density at radius 1 is 0.705 bits per heavy atom. The Morgan fingerprint density at radius 3 is 1.69 bits per heavy atom. The van der Waals surface area contributed by atoms with Crippen molar-refractivity contribution < 1.29 is 48.7 Å². The van der Waals surface area contributed by atoms with Gasteiger partial charge in [0.25, 0.3) is 10.0 Å². The van der Waals surface area contributed by atoms with Crippen LogP contribution >= 0.6 is 11.6 Å². The average Bonchev–Trinajstić information content (AvgIpc) is 3.22. The molecule has 0 aliphatic heterocycles. The maximum Gasteiger partial charge on any atom is 0.573 e. The molecule has 2 aromatic heterocycles. The van der Waals surface area contributed by atoms with Gasteiger partial charge in [-0.1, -0.05) is 29.8 Å². The number of nitrogens with zero attached hydrogens (tertiary/aromatic N) is 4. The number of carbonyl (C=O) groups excluding carboxylic acids is 2. The summed E-state index contributed by atoms with van der Waals surface area (Å²) in [5.74, 6) is -2.77. The molecule has 3 N–H and O–H groups in total. The zero-order valence-corrected chi connectivity index (χ0v) is 33.9. The fourth-order valence-corrected chi connectivity index (χ4v) is 8.16. The molecule has 0 unspecified atom stereocenters. The predicted molar refractivity (Wildman–Crippen MR) is 216 cm³/mol. The maximum absolute atomic E-state index is 14.4. The number of sulfonamides is 1. The van der Waals surface area contributed by atoms with Crippen molar-refractivity contribution in [3.63, 3.8) is 0 Å². The number of hydrogen-bond donors (Lipinski definition) is 3. The second-order valence-corrected chi connectivity index (χ2v) is 16.9. The van der Waals surface area contributed by atoms with E-state index in [1.165, 1.54) is 61.2 Å². The fraction of sp³-hybridized carbons (Fsp3) is 0.100. The van der Waals surface area contributed by atoms with Crippen LogP contribution in [-0.2, 0) is 33.0 Å². The van der Waals surface area contributed by atoms with Gasteiger partial charge in [-0.3, -0.25) is 14.7 Å². The number of anilines is 3. The number of aromatic nitrogens is 2. The molecule has 0 atom stereocenters. The summed E-state index contributed by atoms with van der Waals surface area (Å²) >= 11 is 6.15. The molecule has 4 amide bonds. The highest BCUT2D eigenvalue weighted by Gasteiger charge is 2.33. The number of urea groups is 2. The van der Waals surface area contributed by atoms with Gasteiger partial charge in [0.1, 0.15) is 0 Å². The summed E-state index contributed by atoms with van der Waals surface area (Å²) < 4.78 is 111. The number of carbonyl (C=O) groups is 2. The second-order valence-electron chi connectivity index (χ2n) is 12.9. The lowest BCUT2D eigenvalue weighted by atomic mass is 10.2. The Balaban J connectivity index is 1.25. The van der Waals surface area contributed by atoms with Crippen molar-refractivity contribution >= 4 is 60.6 Å². The normalized spacial score (nSPS) is 11.6. The van der Waals surface area contributed by atoms with Gasteiger partial charge in [-0.25, -0.2) is 40.8 Å². The smallest absolute Gasteiger partial charge is 0.403 e. The van der Waals surface area contributed by atoms with Crippen LogP contribution in [0.25, 0.3) is 0 Å². The Kier molecular flexibility index (Phi) is 13.1. The molecule has 0 aliphatic rings. The molecule has 0 bridgehead atoms. The number of rotatable bonds is 12. The highest BCUT2D eigenvalue weighted by atomic mass is 35.5. The molecule has 316 valence electrons. The van der Waals surface area contributed by atoms with E-state index in [-0.39, 0.29) is 39.9 Å².